The lowest BCUT2D eigenvalue weighted by molar-refractivity contribution is -0.149. The highest BCUT2D eigenvalue weighted by Gasteiger charge is 2.46. The van der Waals surface area contributed by atoms with E-state index in [1.54, 1.807) is 26.2 Å². The molecule has 3 fully saturated rings. The molecule has 2 saturated heterocycles. The van der Waals surface area contributed by atoms with Gasteiger partial charge < -0.3 is 29.0 Å². The van der Waals surface area contributed by atoms with Crippen molar-refractivity contribution in [1.29, 1.82) is 0 Å². The molecule has 2 amide bonds. The molecule has 332 valence electrons. The second-order valence-electron chi connectivity index (χ2n) is 18.4. The van der Waals surface area contributed by atoms with Gasteiger partial charge in [-0.1, -0.05) is 89.6 Å². The van der Waals surface area contributed by atoms with Crippen LogP contribution in [-0.2, 0) is 35.1 Å². The molecule has 11 atom stereocenters. The number of rotatable bonds is 22. The summed E-state index contributed by atoms with van der Waals surface area (Å²) in [7, 11) is 5.02. The smallest absolute Gasteiger partial charge is 0.247 e. The molecule has 1 aromatic heterocycles. The summed E-state index contributed by atoms with van der Waals surface area (Å²) in [5, 5.41) is 12.3. The highest BCUT2D eigenvalue weighted by molar-refractivity contribution is 5.90. The number of nitrogens with one attached hydrogen (secondary N) is 1. The van der Waals surface area contributed by atoms with E-state index in [1.165, 1.54) is 0 Å². The van der Waals surface area contributed by atoms with Crippen LogP contribution in [0.1, 0.15) is 110 Å². The van der Waals surface area contributed by atoms with E-state index in [9.17, 15) is 19.2 Å². The average molecular weight is 840 g/mol. The van der Waals surface area contributed by atoms with Crippen LogP contribution >= 0.6 is 0 Å². The minimum absolute atomic E-state index is 0.00677. The van der Waals surface area contributed by atoms with Crippen molar-refractivity contribution in [1.82, 2.24) is 25.3 Å². The van der Waals surface area contributed by atoms with E-state index < -0.39 is 30.1 Å². The second-order valence-corrected chi connectivity index (χ2v) is 18.4. The Labute approximate surface area is 362 Å². The SMILES string of the molecule is CC[C@H](C)[C@@H]([C@@H](CC(=O)N1CCC[C@H]1[C@H](OC)[C@@H](C)C(=O)C[C@@H](Cc1ccccc1)c1nnc(-c2ccccc2)o1)OC)N(C)C(=O)[C@@H](CC(=O)[C@H]1N[C@@H]2CC[C@H]1C2)C(C)C. The van der Waals surface area contributed by atoms with Crippen LogP contribution in [0.5, 0.6) is 0 Å². The number of ketones is 2. The largest absolute Gasteiger partial charge is 0.420 e. The number of nitrogens with zero attached hydrogens (tertiary/aromatic N) is 4. The fraction of sp³-hybridized carbons (Fsp3) is 0.633. The van der Waals surface area contributed by atoms with Crippen molar-refractivity contribution in [2.24, 2.45) is 29.6 Å². The maximum Gasteiger partial charge on any atom is 0.247 e. The molecular weight excluding hydrogens is 771 g/mol. The normalized spacial score (nSPS) is 23.3. The van der Waals surface area contributed by atoms with Crippen molar-refractivity contribution in [3.8, 4) is 11.5 Å². The molecule has 61 heavy (non-hydrogen) atoms. The average Bonchev–Trinajstić information content (AvgIpc) is 4.12. The van der Waals surface area contributed by atoms with Crippen molar-refractivity contribution < 1.29 is 33.1 Å². The summed E-state index contributed by atoms with van der Waals surface area (Å²) >= 11 is 0. The van der Waals surface area contributed by atoms with Gasteiger partial charge in [-0.25, -0.2) is 0 Å². The maximum absolute atomic E-state index is 14.5. The first-order valence-corrected chi connectivity index (χ1v) is 22.7. The number of carbonyl (C=O) groups excluding carboxylic acids is 4. The van der Waals surface area contributed by atoms with Gasteiger partial charge >= 0.3 is 0 Å². The number of aromatic nitrogens is 2. The van der Waals surface area contributed by atoms with E-state index in [0.29, 0.717) is 43.1 Å². The van der Waals surface area contributed by atoms with Gasteiger partial charge in [0.15, 0.2) is 5.78 Å². The molecule has 3 aliphatic rings. The van der Waals surface area contributed by atoms with E-state index in [0.717, 1.165) is 43.2 Å². The fourth-order valence-corrected chi connectivity index (χ4v) is 10.4. The number of likely N-dealkylation sites (N-methyl/N-ethyl adjacent to an activating group) is 1. The number of fused-ring (bicyclic) bond motifs is 2. The lowest BCUT2D eigenvalue weighted by Crippen LogP contribution is -2.54. The van der Waals surface area contributed by atoms with E-state index in [-0.39, 0.29) is 72.5 Å². The van der Waals surface area contributed by atoms with Crippen LogP contribution in [-0.4, -0.2) is 108 Å². The predicted molar refractivity (Wildman–Crippen MR) is 234 cm³/mol. The fourth-order valence-electron chi connectivity index (χ4n) is 10.4. The first kappa shape index (κ1) is 46.2. The Morgan fingerprint density at radius 2 is 1.61 bits per heavy atom. The number of Topliss-reactive ketones (excluding diaryl/α,β-unsaturated/α-hetero) is 2. The monoisotopic (exact) mass is 840 g/mol. The molecule has 6 rings (SSSR count). The number of amides is 2. The molecule has 12 heteroatoms. The van der Waals surface area contributed by atoms with Crippen LogP contribution in [0.25, 0.3) is 11.5 Å². The number of hydrogen-bond acceptors (Lipinski definition) is 10. The summed E-state index contributed by atoms with van der Waals surface area (Å²) in [4.78, 5) is 60.4. The predicted octanol–water partition coefficient (Wildman–Crippen LogP) is 7.31. The molecule has 2 aliphatic heterocycles. The summed E-state index contributed by atoms with van der Waals surface area (Å²) in [6.45, 7) is 10.6. The molecule has 1 N–H and O–H groups in total. The summed E-state index contributed by atoms with van der Waals surface area (Å²) in [5.41, 5.74) is 1.87. The Morgan fingerprint density at radius 1 is 0.902 bits per heavy atom. The molecule has 2 aromatic carbocycles. The van der Waals surface area contributed by atoms with Crippen LogP contribution in [0.15, 0.2) is 65.1 Å². The minimum atomic E-state index is -0.581. The van der Waals surface area contributed by atoms with Crippen LogP contribution in [0.3, 0.4) is 0 Å². The van der Waals surface area contributed by atoms with Crippen LogP contribution in [0.2, 0.25) is 0 Å². The highest BCUT2D eigenvalue weighted by atomic mass is 16.5. The van der Waals surface area contributed by atoms with Gasteiger partial charge in [0.25, 0.3) is 0 Å². The van der Waals surface area contributed by atoms with Gasteiger partial charge in [-0.3, -0.25) is 19.2 Å². The lowest BCUT2D eigenvalue weighted by Gasteiger charge is -2.41. The molecule has 0 radical (unpaired) electrons. The number of hydrogen-bond donors (Lipinski definition) is 1. The van der Waals surface area contributed by atoms with Crippen molar-refractivity contribution in [3.05, 3.63) is 72.1 Å². The molecule has 3 heterocycles. The number of piperidine rings is 1. The Hall–Kier alpha value is -4.26. The van der Waals surface area contributed by atoms with E-state index in [4.69, 9.17) is 13.9 Å². The first-order valence-electron chi connectivity index (χ1n) is 22.7. The van der Waals surface area contributed by atoms with E-state index in [1.807, 2.05) is 86.3 Å². The van der Waals surface area contributed by atoms with Gasteiger partial charge in [0.05, 0.1) is 36.8 Å². The van der Waals surface area contributed by atoms with Crippen molar-refractivity contribution in [2.75, 3.05) is 27.8 Å². The van der Waals surface area contributed by atoms with Crippen molar-refractivity contribution >= 4 is 23.4 Å². The van der Waals surface area contributed by atoms with Gasteiger partial charge in [-0.05, 0) is 74.0 Å². The zero-order valence-corrected chi connectivity index (χ0v) is 37.6. The van der Waals surface area contributed by atoms with Gasteiger partial charge in [0.2, 0.25) is 23.6 Å². The van der Waals surface area contributed by atoms with Crippen LogP contribution < -0.4 is 5.32 Å². The van der Waals surface area contributed by atoms with Crippen molar-refractivity contribution in [2.45, 2.75) is 141 Å². The number of methoxy groups -OCH3 is 2. The number of ether oxygens (including phenoxy) is 2. The molecule has 0 spiro atoms. The minimum Gasteiger partial charge on any atom is -0.420 e. The first-order chi connectivity index (χ1) is 29.3. The van der Waals surface area contributed by atoms with Gasteiger partial charge in [-0.15, -0.1) is 10.2 Å². The topological polar surface area (TPSA) is 144 Å². The molecule has 12 nitrogen and oxygen atoms in total. The molecule has 2 bridgehead atoms. The third-order valence-electron chi connectivity index (χ3n) is 14.2. The summed E-state index contributed by atoms with van der Waals surface area (Å²) in [5.74, 6) is -0.250. The molecule has 1 aliphatic carbocycles. The van der Waals surface area contributed by atoms with Crippen LogP contribution in [0, 0.1) is 29.6 Å². The third-order valence-corrected chi connectivity index (χ3v) is 14.2. The standard InChI is InChI=1S/C49H69N5O7/c1-9-31(4)45(53(6)49(58)38(30(2)3)28-41(56)44-35-22-23-37(26-35)50-44)42(59-7)29-43(57)54-24-16-21-39(54)46(60-8)32(5)40(55)27-36(25-33-17-12-10-13-18-33)48-52-51-47(61-48)34-19-14-11-15-20-34/h10-15,17-20,30-32,35-39,42,44-46,50H,9,16,21-29H2,1-8H3/t31-,32-,35-,36+,37+,38-,39-,42+,44-,45-,46+/m0/s1. The Kier molecular flexibility index (Phi) is 16.1. The zero-order chi connectivity index (χ0) is 43.8. The second kappa shape index (κ2) is 21.2. The summed E-state index contributed by atoms with van der Waals surface area (Å²) in [6, 6.07) is 19.1. The Morgan fingerprint density at radius 3 is 2.21 bits per heavy atom. The Balaban J connectivity index is 1.14. The van der Waals surface area contributed by atoms with E-state index >= 15 is 0 Å². The summed E-state index contributed by atoms with van der Waals surface area (Å²) in [6.07, 6.45) is 5.34. The number of benzene rings is 2. The van der Waals surface area contributed by atoms with E-state index in [2.05, 4.69) is 29.4 Å². The molecule has 3 aromatic rings. The Bertz CT molecular complexity index is 1900. The lowest BCUT2D eigenvalue weighted by atomic mass is 9.83. The van der Waals surface area contributed by atoms with Gasteiger partial charge in [0, 0.05) is 70.0 Å². The molecule has 0 unspecified atom stereocenters. The summed E-state index contributed by atoms with van der Waals surface area (Å²) < 4.78 is 18.4. The number of likely N-dealkylation sites (tertiary alicyclic amines) is 1. The third kappa shape index (κ3) is 10.9. The van der Waals surface area contributed by atoms with Gasteiger partial charge in [-0.2, -0.15) is 0 Å². The number of carbonyl (C=O) groups is 4. The highest BCUT2D eigenvalue weighted by Crippen LogP contribution is 2.38. The molecular formula is C49H69N5O7. The zero-order valence-electron chi connectivity index (χ0n) is 37.6. The quantitative estimate of drug-likeness (QED) is 0.109. The van der Waals surface area contributed by atoms with Gasteiger partial charge in [0.1, 0.15) is 5.78 Å². The van der Waals surface area contributed by atoms with Crippen molar-refractivity contribution in [3.63, 3.8) is 0 Å². The van der Waals surface area contributed by atoms with Crippen LogP contribution in [0.4, 0.5) is 0 Å². The maximum atomic E-state index is 14.5. The molecule has 1 saturated carbocycles.